The lowest BCUT2D eigenvalue weighted by atomic mass is 10.2. The molecule has 0 radical (unpaired) electrons. The Morgan fingerprint density at radius 3 is 2.67 bits per heavy atom. The van der Waals surface area contributed by atoms with Crippen LogP contribution in [0.2, 0.25) is 0 Å². The normalized spacial score (nSPS) is 10.3. The molecule has 0 aliphatic carbocycles. The zero-order valence-corrected chi connectivity index (χ0v) is 16.0. The second kappa shape index (κ2) is 9.15. The molecule has 2 aromatic carbocycles. The first-order chi connectivity index (χ1) is 13.1. The molecule has 0 aliphatic rings. The minimum atomic E-state index is -0.251. The number of benzene rings is 2. The molecule has 3 aromatic rings. The third-order valence-electron chi connectivity index (χ3n) is 3.34. The lowest BCUT2D eigenvalue weighted by molar-refractivity contribution is -0.113. The van der Waals surface area contributed by atoms with Gasteiger partial charge in [-0.15, -0.1) is 10.2 Å². The van der Waals surface area contributed by atoms with Gasteiger partial charge in [-0.25, -0.2) is 0 Å². The Morgan fingerprint density at radius 1 is 1.07 bits per heavy atom. The summed E-state index contributed by atoms with van der Waals surface area (Å²) in [4.78, 5) is 24.2. The number of amides is 2. The summed E-state index contributed by atoms with van der Waals surface area (Å²) in [6.07, 6.45) is 0. The molecule has 0 aliphatic heterocycles. The van der Waals surface area contributed by atoms with Crippen LogP contribution in [0.5, 0.6) is 5.75 Å². The second-order valence-electron chi connectivity index (χ2n) is 5.26. The van der Waals surface area contributed by atoms with Crippen molar-refractivity contribution in [3.8, 4) is 5.75 Å². The summed E-state index contributed by atoms with van der Waals surface area (Å²) in [5, 5.41) is 13.8. The highest BCUT2D eigenvalue weighted by atomic mass is 32.2. The highest BCUT2D eigenvalue weighted by Gasteiger charge is 2.12. The highest BCUT2D eigenvalue weighted by Crippen LogP contribution is 2.26. The predicted octanol–water partition coefficient (Wildman–Crippen LogP) is 3.53. The number of carbonyl (C=O) groups is 2. The molecule has 1 aromatic heterocycles. The lowest BCUT2D eigenvalue weighted by Crippen LogP contribution is -2.13. The second-order valence-corrected chi connectivity index (χ2v) is 7.46. The average molecular weight is 400 g/mol. The van der Waals surface area contributed by atoms with Gasteiger partial charge in [-0.1, -0.05) is 47.4 Å². The van der Waals surface area contributed by atoms with Crippen molar-refractivity contribution in [2.45, 2.75) is 4.34 Å². The number of ether oxygens (including phenoxy) is 1. The summed E-state index contributed by atoms with van der Waals surface area (Å²) in [7, 11) is 1.57. The molecular formula is C18H16N4O3S2. The third-order valence-corrected chi connectivity index (χ3v) is 5.32. The van der Waals surface area contributed by atoms with E-state index in [1.807, 2.05) is 6.07 Å². The quantitative estimate of drug-likeness (QED) is 0.466. The largest absolute Gasteiger partial charge is 0.497 e. The Kier molecular flexibility index (Phi) is 6.39. The molecule has 2 N–H and O–H groups in total. The van der Waals surface area contributed by atoms with Gasteiger partial charge in [-0.2, -0.15) is 0 Å². The van der Waals surface area contributed by atoms with Crippen LogP contribution in [0.25, 0.3) is 0 Å². The topological polar surface area (TPSA) is 93.2 Å². The number of carbonyl (C=O) groups excluding carboxylic acids is 2. The fourth-order valence-corrected chi connectivity index (χ4v) is 3.65. The molecular weight excluding hydrogens is 384 g/mol. The smallest absolute Gasteiger partial charge is 0.257 e. The maximum atomic E-state index is 12.1. The molecule has 0 spiro atoms. The van der Waals surface area contributed by atoms with Gasteiger partial charge < -0.3 is 10.1 Å². The van der Waals surface area contributed by atoms with Crippen LogP contribution >= 0.6 is 23.1 Å². The first kappa shape index (κ1) is 18.9. The Morgan fingerprint density at radius 2 is 1.89 bits per heavy atom. The van der Waals surface area contributed by atoms with E-state index in [0.717, 1.165) is 0 Å². The first-order valence-corrected chi connectivity index (χ1v) is 9.71. The molecule has 27 heavy (non-hydrogen) atoms. The molecule has 2 amide bonds. The van der Waals surface area contributed by atoms with Gasteiger partial charge in [0, 0.05) is 17.3 Å². The monoisotopic (exact) mass is 400 g/mol. The number of hydrogen-bond acceptors (Lipinski definition) is 7. The number of anilines is 2. The van der Waals surface area contributed by atoms with Gasteiger partial charge in [-0.3, -0.25) is 14.9 Å². The highest BCUT2D eigenvalue weighted by molar-refractivity contribution is 8.01. The van der Waals surface area contributed by atoms with E-state index < -0.39 is 0 Å². The van der Waals surface area contributed by atoms with Crippen molar-refractivity contribution in [1.82, 2.24) is 10.2 Å². The van der Waals surface area contributed by atoms with Crippen LogP contribution < -0.4 is 15.4 Å². The standard InChI is InChI=1S/C18H16N4O3S2/c1-25-14-9-5-8-13(10-14)19-15(23)11-26-18-22-21-17(27-18)20-16(24)12-6-3-2-4-7-12/h2-10H,11H2,1H3,(H,19,23)(H,20,21,24). The van der Waals surface area contributed by atoms with Gasteiger partial charge in [0.1, 0.15) is 5.75 Å². The van der Waals surface area contributed by atoms with Crippen molar-refractivity contribution in [1.29, 1.82) is 0 Å². The van der Waals surface area contributed by atoms with E-state index in [2.05, 4.69) is 20.8 Å². The van der Waals surface area contributed by atoms with E-state index in [1.165, 1.54) is 23.1 Å². The zero-order valence-electron chi connectivity index (χ0n) is 14.3. The maximum Gasteiger partial charge on any atom is 0.257 e. The minimum absolute atomic E-state index is 0.168. The van der Waals surface area contributed by atoms with E-state index in [4.69, 9.17) is 4.74 Å². The van der Waals surface area contributed by atoms with E-state index in [9.17, 15) is 9.59 Å². The van der Waals surface area contributed by atoms with Crippen molar-refractivity contribution in [3.05, 3.63) is 60.2 Å². The van der Waals surface area contributed by atoms with Crippen LogP contribution in [-0.2, 0) is 4.79 Å². The van der Waals surface area contributed by atoms with Crippen molar-refractivity contribution in [3.63, 3.8) is 0 Å². The molecule has 0 bridgehead atoms. The molecule has 7 nitrogen and oxygen atoms in total. The van der Waals surface area contributed by atoms with Crippen LogP contribution in [0.4, 0.5) is 10.8 Å². The van der Waals surface area contributed by atoms with Crippen molar-refractivity contribution in [2.75, 3.05) is 23.5 Å². The Bertz CT molecular complexity index is 931. The van der Waals surface area contributed by atoms with Crippen molar-refractivity contribution < 1.29 is 14.3 Å². The summed E-state index contributed by atoms with van der Waals surface area (Å²) in [5.41, 5.74) is 1.20. The third kappa shape index (κ3) is 5.53. The molecule has 138 valence electrons. The first-order valence-electron chi connectivity index (χ1n) is 7.90. The lowest BCUT2D eigenvalue weighted by Gasteiger charge is -2.06. The van der Waals surface area contributed by atoms with Gasteiger partial charge in [0.2, 0.25) is 11.0 Å². The Labute approximate surface area is 164 Å². The zero-order chi connectivity index (χ0) is 19.1. The van der Waals surface area contributed by atoms with Gasteiger partial charge in [-0.05, 0) is 24.3 Å². The summed E-state index contributed by atoms with van der Waals surface area (Å²) < 4.78 is 5.72. The molecule has 3 rings (SSSR count). The summed E-state index contributed by atoms with van der Waals surface area (Å²) >= 11 is 2.47. The van der Waals surface area contributed by atoms with Crippen LogP contribution in [0, 0.1) is 0 Å². The number of rotatable bonds is 7. The number of thioether (sulfide) groups is 1. The maximum absolute atomic E-state index is 12.1. The van der Waals surface area contributed by atoms with Gasteiger partial charge >= 0.3 is 0 Å². The number of nitrogens with one attached hydrogen (secondary N) is 2. The van der Waals surface area contributed by atoms with Crippen molar-refractivity contribution in [2.24, 2.45) is 0 Å². The Hall–Kier alpha value is -2.91. The molecule has 0 unspecified atom stereocenters. The average Bonchev–Trinajstić information content (AvgIpc) is 3.14. The van der Waals surface area contributed by atoms with Crippen LogP contribution in [0.15, 0.2) is 58.9 Å². The van der Waals surface area contributed by atoms with Crippen LogP contribution in [0.1, 0.15) is 10.4 Å². The molecule has 1 heterocycles. The fraction of sp³-hybridized carbons (Fsp3) is 0.111. The molecule has 0 fully saturated rings. The summed E-state index contributed by atoms with van der Waals surface area (Å²) in [5.74, 6) is 0.430. The van der Waals surface area contributed by atoms with Gasteiger partial charge in [0.05, 0.1) is 12.9 Å². The van der Waals surface area contributed by atoms with Gasteiger partial charge in [0.15, 0.2) is 4.34 Å². The number of aromatic nitrogens is 2. The predicted molar refractivity (Wildman–Crippen MR) is 107 cm³/mol. The summed E-state index contributed by atoms with van der Waals surface area (Å²) in [6.45, 7) is 0. The summed E-state index contributed by atoms with van der Waals surface area (Å²) in [6, 6.07) is 16.0. The SMILES string of the molecule is COc1cccc(NC(=O)CSc2nnc(NC(=O)c3ccccc3)s2)c1. The number of hydrogen-bond donors (Lipinski definition) is 2. The minimum Gasteiger partial charge on any atom is -0.497 e. The number of nitrogens with zero attached hydrogens (tertiary/aromatic N) is 2. The van der Waals surface area contributed by atoms with E-state index in [-0.39, 0.29) is 17.6 Å². The van der Waals surface area contributed by atoms with Crippen LogP contribution in [0.3, 0.4) is 0 Å². The molecule has 9 heteroatoms. The molecule has 0 atom stereocenters. The number of methoxy groups -OCH3 is 1. The van der Waals surface area contributed by atoms with E-state index >= 15 is 0 Å². The van der Waals surface area contributed by atoms with Crippen LogP contribution in [-0.4, -0.2) is 34.9 Å². The molecule has 0 saturated carbocycles. The van der Waals surface area contributed by atoms with Crippen molar-refractivity contribution >= 4 is 45.7 Å². The van der Waals surface area contributed by atoms with Gasteiger partial charge in [0.25, 0.3) is 5.91 Å². The van der Waals surface area contributed by atoms with E-state index in [1.54, 1.807) is 55.6 Å². The Balaban J connectivity index is 1.50. The van der Waals surface area contributed by atoms with E-state index in [0.29, 0.717) is 26.5 Å². The fourth-order valence-electron chi connectivity index (χ4n) is 2.10. The molecule has 0 saturated heterocycles.